The minimum absolute atomic E-state index is 0.120. The second kappa shape index (κ2) is 7.93. The number of Topliss-reactive ketones (excluding diaryl/α,β-unsaturated/α-hetero) is 1. The summed E-state index contributed by atoms with van der Waals surface area (Å²) in [5, 5.41) is 7.33. The minimum atomic E-state index is -0.120. The fourth-order valence-electron chi connectivity index (χ4n) is 1.46. The lowest BCUT2D eigenvalue weighted by Crippen LogP contribution is -2.07. The molecular formula is C17H14N2OS. The summed E-state index contributed by atoms with van der Waals surface area (Å²) in [5.74, 6) is 2.86. The van der Waals surface area contributed by atoms with Crippen LogP contribution < -0.4 is 5.43 Å². The topological polar surface area (TPSA) is 41.5 Å². The summed E-state index contributed by atoms with van der Waals surface area (Å²) in [6.07, 6.45) is 0. The van der Waals surface area contributed by atoms with Crippen LogP contribution in [0.3, 0.4) is 0 Å². The van der Waals surface area contributed by atoms with Gasteiger partial charge in [-0.1, -0.05) is 42.3 Å². The molecule has 1 N–H and O–H groups in total. The van der Waals surface area contributed by atoms with Gasteiger partial charge in [0.25, 0.3) is 0 Å². The van der Waals surface area contributed by atoms with Crippen LogP contribution in [-0.4, -0.2) is 10.8 Å². The van der Waals surface area contributed by atoms with Gasteiger partial charge in [-0.05, 0) is 41.3 Å². The van der Waals surface area contributed by atoms with E-state index in [4.69, 9.17) is 0 Å². The summed E-state index contributed by atoms with van der Waals surface area (Å²) in [5.41, 5.74) is 4.59. The van der Waals surface area contributed by atoms with Crippen LogP contribution in [0.1, 0.15) is 12.5 Å². The Bertz CT molecular complexity index is 685. The summed E-state index contributed by atoms with van der Waals surface area (Å²) in [7, 11) is 0. The molecule has 4 heteroatoms. The van der Waals surface area contributed by atoms with Gasteiger partial charge >= 0.3 is 0 Å². The SMILES string of the molecule is CC(=O)/C(=N/Nc1ccccc1)SC#Cc1ccccc1. The number of hydrogen-bond donors (Lipinski definition) is 1. The van der Waals surface area contributed by atoms with Crippen molar-refractivity contribution >= 4 is 28.3 Å². The summed E-state index contributed by atoms with van der Waals surface area (Å²) in [6, 6.07) is 19.1. The van der Waals surface area contributed by atoms with Crippen molar-refractivity contribution in [3.63, 3.8) is 0 Å². The third-order valence-corrected chi connectivity index (χ3v) is 3.25. The number of nitrogens with zero attached hydrogens (tertiary/aromatic N) is 1. The number of benzene rings is 2. The number of anilines is 1. The number of thioether (sulfide) groups is 1. The molecule has 0 fully saturated rings. The van der Waals surface area contributed by atoms with Crippen molar-refractivity contribution < 1.29 is 4.79 Å². The number of hydrazone groups is 1. The average Bonchev–Trinajstić information content (AvgIpc) is 2.52. The van der Waals surface area contributed by atoms with Crippen LogP contribution in [-0.2, 0) is 4.79 Å². The molecule has 2 aromatic carbocycles. The van der Waals surface area contributed by atoms with E-state index in [2.05, 4.69) is 21.7 Å². The van der Waals surface area contributed by atoms with Crippen molar-refractivity contribution in [1.29, 1.82) is 0 Å². The summed E-state index contributed by atoms with van der Waals surface area (Å²) >= 11 is 1.12. The largest absolute Gasteiger partial charge is 0.292 e. The second-order valence-electron chi connectivity index (χ2n) is 4.15. The molecule has 0 amide bonds. The van der Waals surface area contributed by atoms with Crippen molar-refractivity contribution in [1.82, 2.24) is 0 Å². The Balaban J connectivity index is 2.03. The highest BCUT2D eigenvalue weighted by Gasteiger charge is 2.05. The van der Waals surface area contributed by atoms with Crippen LogP contribution >= 0.6 is 11.8 Å². The Labute approximate surface area is 128 Å². The molecule has 0 aliphatic carbocycles. The fourth-order valence-corrected chi connectivity index (χ4v) is 1.96. The van der Waals surface area contributed by atoms with Crippen LogP contribution in [0.15, 0.2) is 65.8 Å². The summed E-state index contributed by atoms with van der Waals surface area (Å²) in [6.45, 7) is 1.47. The third-order valence-electron chi connectivity index (χ3n) is 2.48. The molecular weight excluding hydrogens is 280 g/mol. The zero-order chi connectivity index (χ0) is 14.9. The predicted octanol–water partition coefficient (Wildman–Crippen LogP) is 3.74. The van der Waals surface area contributed by atoms with Crippen molar-refractivity contribution in [2.45, 2.75) is 6.92 Å². The van der Waals surface area contributed by atoms with E-state index < -0.39 is 0 Å². The molecule has 0 saturated carbocycles. The lowest BCUT2D eigenvalue weighted by molar-refractivity contribution is -0.110. The molecule has 0 saturated heterocycles. The smallest absolute Gasteiger partial charge is 0.187 e. The maximum absolute atomic E-state index is 11.5. The first-order valence-electron chi connectivity index (χ1n) is 6.38. The number of para-hydroxylation sites is 1. The molecule has 0 radical (unpaired) electrons. The van der Waals surface area contributed by atoms with Crippen molar-refractivity contribution in [2.24, 2.45) is 5.10 Å². The monoisotopic (exact) mass is 294 g/mol. The number of hydrogen-bond acceptors (Lipinski definition) is 4. The maximum atomic E-state index is 11.5. The van der Waals surface area contributed by atoms with Gasteiger partial charge in [0.05, 0.1) is 5.69 Å². The van der Waals surface area contributed by atoms with E-state index in [1.807, 2.05) is 60.7 Å². The van der Waals surface area contributed by atoms with Crippen LogP contribution in [0.5, 0.6) is 0 Å². The Morgan fingerprint density at radius 3 is 2.29 bits per heavy atom. The lowest BCUT2D eigenvalue weighted by Gasteiger charge is -2.01. The fraction of sp³-hybridized carbons (Fsp3) is 0.0588. The van der Waals surface area contributed by atoms with Crippen LogP contribution in [0, 0.1) is 11.2 Å². The highest BCUT2D eigenvalue weighted by Crippen LogP contribution is 2.08. The molecule has 3 nitrogen and oxygen atoms in total. The molecule has 0 heterocycles. The third kappa shape index (κ3) is 5.17. The molecule has 2 aromatic rings. The quantitative estimate of drug-likeness (QED) is 0.406. The van der Waals surface area contributed by atoms with Crippen molar-refractivity contribution in [3.8, 4) is 11.2 Å². The zero-order valence-corrected chi connectivity index (χ0v) is 12.4. The van der Waals surface area contributed by atoms with E-state index in [-0.39, 0.29) is 5.78 Å². The lowest BCUT2D eigenvalue weighted by atomic mass is 10.2. The standard InChI is InChI=1S/C17H14N2OS/c1-14(20)17(19-18-16-10-6-3-7-11-16)21-13-12-15-8-4-2-5-9-15/h2-11,18H,1H3/b19-17-. The van der Waals surface area contributed by atoms with Gasteiger partial charge in [-0.3, -0.25) is 10.2 Å². The molecule has 104 valence electrons. The molecule has 0 spiro atoms. The van der Waals surface area contributed by atoms with E-state index in [0.29, 0.717) is 5.04 Å². The van der Waals surface area contributed by atoms with Crippen LogP contribution in [0.4, 0.5) is 5.69 Å². The Morgan fingerprint density at radius 2 is 1.67 bits per heavy atom. The van der Waals surface area contributed by atoms with Gasteiger partial charge < -0.3 is 0 Å². The molecule has 2 rings (SSSR count). The number of nitrogens with one attached hydrogen (secondary N) is 1. The van der Waals surface area contributed by atoms with Crippen LogP contribution in [0.25, 0.3) is 0 Å². The molecule has 0 unspecified atom stereocenters. The van der Waals surface area contributed by atoms with Crippen LogP contribution in [0.2, 0.25) is 0 Å². The van der Waals surface area contributed by atoms with Gasteiger partial charge in [0.1, 0.15) is 0 Å². The van der Waals surface area contributed by atoms with E-state index in [9.17, 15) is 4.79 Å². The van der Waals surface area contributed by atoms with Gasteiger partial charge in [-0.2, -0.15) is 5.10 Å². The zero-order valence-electron chi connectivity index (χ0n) is 11.5. The summed E-state index contributed by atoms with van der Waals surface area (Å²) in [4.78, 5) is 11.5. The number of ketones is 1. The van der Waals surface area contributed by atoms with Gasteiger partial charge in [0.15, 0.2) is 10.8 Å². The molecule has 0 aliphatic rings. The van der Waals surface area contributed by atoms with E-state index in [1.165, 1.54) is 6.92 Å². The highest BCUT2D eigenvalue weighted by molar-refractivity contribution is 8.19. The first-order valence-corrected chi connectivity index (χ1v) is 7.20. The summed E-state index contributed by atoms with van der Waals surface area (Å²) < 4.78 is 0. The van der Waals surface area contributed by atoms with Crippen molar-refractivity contribution in [2.75, 3.05) is 5.43 Å². The second-order valence-corrected chi connectivity index (χ2v) is 4.94. The minimum Gasteiger partial charge on any atom is -0.292 e. The molecule has 0 bridgehead atoms. The Hall–Kier alpha value is -2.51. The molecule has 0 aliphatic heterocycles. The maximum Gasteiger partial charge on any atom is 0.187 e. The number of carbonyl (C=O) groups excluding carboxylic acids is 1. The average molecular weight is 294 g/mol. The Morgan fingerprint density at radius 1 is 1.05 bits per heavy atom. The van der Waals surface area contributed by atoms with Gasteiger partial charge in [-0.25, -0.2) is 0 Å². The van der Waals surface area contributed by atoms with E-state index in [0.717, 1.165) is 23.0 Å². The highest BCUT2D eigenvalue weighted by atomic mass is 32.2. The number of rotatable bonds is 3. The number of carbonyl (C=O) groups is 1. The Kier molecular flexibility index (Phi) is 5.62. The molecule has 0 aromatic heterocycles. The van der Waals surface area contributed by atoms with Gasteiger partial charge in [-0.15, -0.1) is 0 Å². The molecule has 21 heavy (non-hydrogen) atoms. The van der Waals surface area contributed by atoms with Gasteiger partial charge in [0.2, 0.25) is 0 Å². The molecule has 0 atom stereocenters. The normalized spacial score (nSPS) is 10.4. The first-order chi connectivity index (χ1) is 10.3. The first kappa shape index (κ1) is 14.9. The van der Waals surface area contributed by atoms with Gasteiger partial charge in [0, 0.05) is 12.5 Å². The van der Waals surface area contributed by atoms with E-state index >= 15 is 0 Å². The predicted molar refractivity (Wildman–Crippen MR) is 89.1 cm³/mol. The van der Waals surface area contributed by atoms with E-state index in [1.54, 1.807) is 0 Å². The van der Waals surface area contributed by atoms with Crippen molar-refractivity contribution in [3.05, 3.63) is 66.2 Å².